The first-order valence-electron chi connectivity index (χ1n) is 9.70. The molecular formula is C20H27N3O3. The summed E-state index contributed by atoms with van der Waals surface area (Å²) in [6, 6.07) is 5.21. The Balaban J connectivity index is 1.49. The number of hydrogen-bond acceptors (Lipinski definition) is 4. The maximum atomic E-state index is 12.6. The van der Waals surface area contributed by atoms with E-state index in [0.717, 1.165) is 36.9 Å². The second-order valence-electron chi connectivity index (χ2n) is 7.82. The lowest BCUT2D eigenvalue weighted by Crippen LogP contribution is -2.42. The molecule has 1 atom stereocenters. The molecule has 1 aromatic carbocycles. The minimum Gasteiger partial charge on any atom is -0.381 e. The first-order valence-corrected chi connectivity index (χ1v) is 9.70. The van der Waals surface area contributed by atoms with E-state index < -0.39 is 11.5 Å². The Bertz CT molecular complexity index is 706. The third-order valence-corrected chi connectivity index (χ3v) is 6.29. The van der Waals surface area contributed by atoms with Crippen LogP contribution in [0.25, 0.3) is 0 Å². The van der Waals surface area contributed by atoms with Crippen molar-refractivity contribution in [3.8, 4) is 0 Å². The largest absolute Gasteiger partial charge is 0.381 e. The first-order chi connectivity index (χ1) is 12.6. The standard InChI is InChI=1S/C20H27N3O3/c21-17(13-4-2-1-3-5-13)18(24)22-14-6-7-15-16(12-14)23-19(25)20(15)8-10-26-11-9-20/h6-7,12-13,17H,1-5,8-11,21H2,(H,22,24)(H,23,25). The summed E-state index contributed by atoms with van der Waals surface area (Å²) in [5, 5.41) is 5.92. The minimum atomic E-state index is -0.478. The highest BCUT2D eigenvalue weighted by atomic mass is 16.5. The van der Waals surface area contributed by atoms with Crippen molar-refractivity contribution in [3.63, 3.8) is 0 Å². The van der Waals surface area contributed by atoms with Gasteiger partial charge in [-0.15, -0.1) is 0 Å². The van der Waals surface area contributed by atoms with Crippen molar-refractivity contribution in [3.05, 3.63) is 23.8 Å². The molecule has 1 saturated heterocycles. The van der Waals surface area contributed by atoms with Crippen molar-refractivity contribution >= 4 is 23.2 Å². The van der Waals surface area contributed by atoms with Crippen LogP contribution in [0.5, 0.6) is 0 Å². The molecule has 1 spiro atoms. The van der Waals surface area contributed by atoms with Gasteiger partial charge in [-0.05, 0) is 49.3 Å². The second-order valence-corrected chi connectivity index (χ2v) is 7.82. The molecule has 1 saturated carbocycles. The van der Waals surface area contributed by atoms with Crippen LogP contribution in [0.15, 0.2) is 18.2 Å². The second kappa shape index (κ2) is 7.00. The zero-order valence-electron chi connectivity index (χ0n) is 15.1. The third-order valence-electron chi connectivity index (χ3n) is 6.29. The predicted molar refractivity (Wildman–Crippen MR) is 100.0 cm³/mol. The fourth-order valence-corrected chi connectivity index (χ4v) is 4.66. The lowest BCUT2D eigenvalue weighted by atomic mass is 9.75. The molecule has 6 heteroatoms. The number of carbonyl (C=O) groups excluding carboxylic acids is 2. The molecule has 3 aliphatic rings. The van der Waals surface area contributed by atoms with Gasteiger partial charge in [-0.25, -0.2) is 0 Å². The molecule has 1 aliphatic carbocycles. The monoisotopic (exact) mass is 357 g/mol. The van der Waals surface area contributed by atoms with Crippen LogP contribution in [0.3, 0.4) is 0 Å². The molecule has 2 heterocycles. The Morgan fingerprint density at radius 2 is 1.96 bits per heavy atom. The van der Waals surface area contributed by atoms with Gasteiger partial charge < -0.3 is 21.1 Å². The number of hydrogen-bond donors (Lipinski definition) is 3. The lowest BCUT2D eigenvalue weighted by molar-refractivity contribution is -0.124. The Labute approximate surface area is 153 Å². The number of ether oxygens (including phenoxy) is 1. The summed E-state index contributed by atoms with van der Waals surface area (Å²) in [5.74, 6) is 0.170. The van der Waals surface area contributed by atoms with Crippen molar-refractivity contribution in [1.29, 1.82) is 0 Å². The SMILES string of the molecule is NC(C(=O)Nc1ccc2c(c1)NC(=O)C21CCOCC1)C1CCCCC1. The maximum Gasteiger partial charge on any atom is 0.241 e. The summed E-state index contributed by atoms with van der Waals surface area (Å²) < 4.78 is 5.43. The van der Waals surface area contributed by atoms with Gasteiger partial charge in [0.1, 0.15) is 0 Å². The van der Waals surface area contributed by atoms with Crippen LogP contribution in [-0.4, -0.2) is 31.1 Å². The molecule has 140 valence electrons. The van der Waals surface area contributed by atoms with Crippen LogP contribution in [0, 0.1) is 5.92 Å². The van der Waals surface area contributed by atoms with Crippen LogP contribution < -0.4 is 16.4 Å². The van der Waals surface area contributed by atoms with E-state index >= 15 is 0 Å². The number of nitrogens with two attached hydrogens (primary N) is 1. The van der Waals surface area contributed by atoms with Crippen molar-refractivity contribution in [2.45, 2.75) is 56.4 Å². The molecule has 0 radical (unpaired) electrons. The molecule has 2 fully saturated rings. The molecule has 1 unspecified atom stereocenters. The Hall–Kier alpha value is -1.92. The summed E-state index contributed by atoms with van der Waals surface area (Å²) in [7, 11) is 0. The number of rotatable bonds is 3. The minimum absolute atomic E-state index is 0.0400. The smallest absolute Gasteiger partial charge is 0.241 e. The molecule has 26 heavy (non-hydrogen) atoms. The van der Waals surface area contributed by atoms with Crippen molar-refractivity contribution in [2.24, 2.45) is 11.7 Å². The van der Waals surface area contributed by atoms with E-state index in [1.54, 1.807) is 0 Å². The van der Waals surface area contributed by atoms with Crippen molar-refractivity contribution in [1.82, 2.24) is 0 Å². The number of fused-ring (bicyclic) bond motifs is 2. The summed E-state index contributed by atoms with van der Waals surface area (Å²) in [5.41, 5.74) is 8.20. The van der Waals surface area contributed by atoms with E-state index in [4.69, 9.17) is 10.5 Å². The number of benzene rings is 1. The molecule has 1 aromatic rings. The Morgan fingerprint density at radius 1 is 1.23 bits per heavy atom. The molecule has 0 bridgehead atoms. The summed E-state index contributed by atoms with van der Waals surface area (Å²) in [4.78, 5) is 25.1. The fourth-order valence-electron chi connectivity index (χ4n) is 4.66. The van der Waals surface area contributed by atoms with Gasteiger partial charge in [0.15, 0.2) is 0 Å². The average molecular weight is 357 g/mol. The molecular weight excluding hydrogens is 330 g/mol. The highest BCUT2D eigenvalue weighted by Gasteiger charge is 2.47. The van der Waals surface area contributed by atoms with Crippen molar-refractivity contribution in [2.75, 3.05) is 23.8 Å². The average Bonchev–Trinajstić information content (AvgIpc) is 2.93. The zero-order chi connectivity index (χ0) is 18.1. The van der Waals surface area contributed by atoms with E-state index in [2.05, 4.69) is 10.6 Å². The Morgan fingerprint density at radius 3 is 2.69 bits per heavy atom. The zero-order valence-corrected chi connectivity index (χ0v) is 15.1. The first kappa shape index (κ1) is 17.5. The molecule has 4 N–H and O–H groups in total. The van der Waals surface area contributed by atoms with Crippen molar-refractivity contribution < 1.29 is 14.3 Å². The van der Waals surface area contributed by atoms with E-state index in [1.807, 2.05) is 18.2 Å². The third kappa shape index (κ3) is 3.01. The van der Waals surface area contributed by atoms with E-state index in [1.165, 1.54) is 6.42 Å². The Kier molecular flexibility index (Phi) is 4.71. The van der Waals surface area contributed by atoms with E-state index in [0.29, 0.717) is 31.7 Å². The number of anilines is 2. The summed E-state index contributed by atoms with van der Waals surface area (Å²) in [6.45, 7) is 1.20. The van der Waals surface area contributed by atoms with Crippen LogP contribution >= 0.6 is 0 Å². The molecule has 2 aliphatic heterocycles. The van der Waals surface area contributed by atoms with Gasteiger partial charge in [0, 0.05) is 24.6 Å². The van der Waals surface area contributed by atoms with Crippen LogP contribution in [0.2, 0.25) is 0 Å². The highest BCUT2D eigenvalue weighted by Crippen LogP contribution is 2.45. The molecule has 2 amide bonds. The quantitative estimate of drug-likeness (QED) is 0.775. The van der Waals surface area contributed by atoms with Crippen LogP contribution in [-0.2, 0) is 19.7 Å². The van der Waals surface area contributed by atoms with Gasteiger partial charge in [0.25, 0.3) is 0 Å². The molecule has 4 rings (SSSR count). The van der Waals surface area contributed by atoms with E-state index in [-0.39, 0.29) is 17.7 Å². The maximum absolute atomic E-state index is 12.6. The predicted octanol–water partition coefficient (Wildman–Crippen LogP) is 2.53. The van der Waals surface area contributed by atoms with Gasteiger partial charge >= 0.3 is 0 Å². The molecule has 6 nitrogen and oxygen atoms in total. The topological polar surface area (TPSA) is 93.5 Å². The summed E-state index contributed by atoms with van der Waals surface area (Å²) in [6.07, 6.45) is 7.00. The molecule has 0 aromatic heterocycles. The van der Waals surface area contributed by atoms with Gasteiger partial charge in [-0.2, -0.15) is 0 Å². The summed E-state index contributed by atoms with van der Waals surface area (Å²) >= 11 is 0. The van der Waals surface area contributed by atoms with Gasteiger partial charge in [-0.3, -0.25) is 9.59 Å². The lowest BCUT2D eigenvalue weighted by Gasteiger charge is -2.31. The van der Waals surface area contributed by atoms with Gasteiger partial charge in [0.2, 0.25) is 11.8 Å². The highest BCUT2D eigenvalue weighted by molar-refractivity contribution is 6.07. The normalized spacial score (nSPS) is 23.3. The van der Waals surface area contributed by atoms with Gasteiger partial charge in [0.05, 0.1) is 11.5 Å². The number of nitrogens with one attached hydrogen (secondary N) is 2. The van der Waals surface area contributed by atoms with Gasteiger partial charge in [-0.1, -0.05) is 25.3 Å². The number of carbonyl (C=O) groups is 2. The number of amides is 2. The van der Waals surface area contributed by atoms with Crippen LogP contribution in [0.4, 0.5) is 11.4 Å². The fraction of sp³-hybridized carbons (Fsp3) is 0.600. The van der Waals surface area contributed by atoms with E-state index in [9.17, 15) is 9.59 Å². The van der Waals surface area contributed by atoms with Crippen LogP contribution in [0.1, 0.15) is 50.5 Å².